The Hall–Kier alpha value is -1.69. The third-order valence-corrected chi connectivity index (χ3v) is 2.76. The van der Waals surface area contributed by atoms with Crippen LogP contribution in [0.3, 0.4) is 0 Å². The van der Waals surface area contributed by atoms with Crippen LogP contribution in [0.25, 0.3) is 0 Å². The third-order valence-electron chi connectivity index (χ3n) is 2.76. The molecule has 1 rings (SSSR count). The Morgan fingerprint density at radius 3 is 2.68 bits per heavy atom. The zero-order valence-corrected chi connectivity index (χ0v) is 10.7. The van der Waals surface area contributed by atoms with Crippen LogP contribution in [0.15, 0.2) is 24.3 Å². The van der Waals surface area contributed by atoms with Crippen molar-refractivity contribution in [3.8, 4) is 5.75 Å². The molecule has 4 nitrogen and oxygen atoms in total. The molecule has 0 aliphatic heterocycles. The number of hydrogen-bond acceptors (Lipinski definition) is 3. The maximum atomic E-state index is 12.2. The first kappa shape index (κ1) is 15.4. The molecule has 1 unspecified atom stereocenters. The molecule has 0 aliphatic rings. The highest BCUT2D eigenvalue weighted by Crippen LogP contribution is 2.25. The first-order chi connectivity index (χ1) is 9.06. The predicted molar refractivity (Wildman–Crippen MR) is 69.2 cm³/mol. The maximum Gasteiger partial charge on any atom is 0.387 e. The Kier molecular flexibility index (Phi) is 6.21. The molecule has 1 aromatic rings. The summed E-state index contributed by atoms with van der Waals surface area (Å²) >= 11 is 0. The second-order valence-electron chi connectivity index (χ2n) is 4.14. The van der Waals surface area contributed by atoms with Crippen LogP contribution in [0.2, 0.25) is 0 Å². The molecule has 0 bridgehead atoms. The first-order valence-electron chi connectivity index (χ1n) is 6.10. The van der Waals surface area contributed by atoms with Gasteiger partial charge in [0.05, 0.1) is 5.69 Å². The molecule has 3 N–H and O–H groups in total. The zero-order chi connectivity index (χ0) is 14.3. The minimum absolute atomic E-state index is 0.0494. The summed E-state index contributed by atoms with van der Waals surface area (Å²) in [7, 11) is 0. The maximum absolute atomic E-state index is 12.2. The summed E-state index contributed by atoms with van der Waals surface area (Å²) < 4.78 is 28.7. The van der Waals surface area contributed by atoms with Crippen LogP contribution in [-0.4, -0.2) is 19.1 Å². The van der Waals surface area contributed by atoms with Crippen LogP contribution in [0.4, 0.5) is 14.5 Å². The fraction of sp³-hybridized carbons (Fsp3) is 0.462. The number of halogens is 2. The van der Waals surface area contributed by atoms with Crippen molar-refractivity contribution < 1.29 is 18.3 Å². The van der Waals surface area contributed by atoms with Crippen LogP contribution < -0.4 is 15.8 Å². The normalized spacial score (nSPS) is 12.3. The Morgan fingerprint density at radius 1 is 1.42 bits per heavy atom. The number of benzene rings is 1. The van der Waals surface area contributed by atoms with Crippen molar-refractivity contribution in [1.29, 1.82) is 0 Å². The number of alkyl halides is 2. The van der Waals surface area contributed by atoms with Crippen molar-refractivity contribution >= 4 is 11.6 Å². The van der Waals surface area contributed by atoms with Crippen molar-refractivity contribution in [3.63, 3.8) is 0 Å². The Balaban J connectivity index is 2.68. The molecule has 1 amide bonds. The van der Waals surface area contributed by atoms with E-state index in [1.807, 2.05) is 6.92 Å². The zero-order valence-electron chi connectivity index (χ0n) is 10.7. The van der Waals surface area contributed by atoms with E-state index in [1.54, 1.807) is 12.1 Å². The Labute approximate surface area is 110 Å². The summed E-state index contributed by atoms with van der Waals surface area (Å²) in [6.07, 6.45) is 1.05. The molecule has 0 heterocycles. The summed E-state index contributed by atoms with van der Waals surface area (Å²) in [4.78, 5) is 11.8. The van der Waals surface area contributed by atoms with Gasteiger partial charge in [-0.2, -0.15) is 8.78 Å². The topological polar surface area (TPSA) is 64.4 Å². The second-order valence-corrected chi connectivity index (χ2v) is 4.14. The average molecular weight is 272 g/mol. The molecule has 0 saturated carbocycles. The lowest BCUT2D eigenvalue weighted by Crippen LogP contribution is -2.22. The van der Waals surface area contributed by atoms with Gasteiger partial charge in [-0.3, -0.25) is 4.79 Å². The van der Waals surface area contributed by atoms with E-state index < -0.39 is 6.61 Å². The van der Waals surface area contributed by atoms with Crippen LogP contribution in [-0.2, 0) is 4.79 Å². The molecule has 0 aromatic heterocycles. The summed E-state index contributed by atoms with van der Waals surface area (Å²) in [6, 6.07) is 6.08. The van der Waals surface area contributed by atoms with Gasteiger partial charge < -0.3 is 15.8 Å². The van der Waals surface area contributed by atoms with Gasteiger partial charge in [-0.25, -0.2) is 0 Å². The van der Waals surface area contributed by atoms with Gasteiger partial charge >= 0.3 is 6.61 Å². The van der Waals surface area contributed by atoms with E-state index in [0.717, 1.165) is 6.42 Å². The van der Waals surface area contributed by atoms with Gasteiger partial charge in [-0.15, -0.1) is 0 Å². The second kappa shape index (κ2) is 7.68. The Bertz CT molecular complexity index is 409. The van der Waals surface area contributed by atoms with Gasteiger partial charge in [0, 0.05) is 6.42 Å². The average Bonchev–Trinajstić information content (AvgIpc) is 2.37. The van der Waals surface area contributed by atoms with E-state index in [4.69, 9.17) is 5.73 Å². The number of nitrogens with two attached hydrogens (primary N) is 1. The standard InChI is InChI=1S/C13H18F2N2O2/c1-2-9(8-16)7-12(18)17-10-5-3-4-6-11(10)19-13(14)15/h3-6,9,13H,2,7-8,16H2,1H3,(H,17,18). The van der Waals surface area contributed by atoms with Gasteiger partial charge in [0.2, 0.25) is 5.91 Å². The molecule has 0 fully saturated rings. The van der Waals surface area contributed by atoms with Gasteiger partial charge in [-0.05, 0) is 24.6 Å². The van der Waals surface area contributed by atoms with E-state index in [-0.39, 0.29) is 29.7 Å². The van der Waals surface area contributed by atoms with E-state index >= 15 is 0 Å². The summed E-state index contributed by atoms with van der Waals surface area (Å²) in [6.45, 7) is -0.567. The molecule has 0 saturated heterocycles. The monoisotopic (exact) mass is 272 g/mol. The molecule has 0 radical (unpaired) electrons. The highest BCUT2D eigenvalue weighted by Gasteiger charge is 2.14. The molecule has 1 atom stereocenters. The number of amides is 1. The minimum Gasteiger partial charge on any atom is -0.433 e. The van der Waals surface area contributed by atoms with Crippen molar-refractivity contribution in [3.05, 3.63) is 24.3 Å². The minimum atomic E-state index is -2.93. The number of carbonyl (C=O) groups is 1. The van der Waals surface area contributed by atoms with Gasteiger partial charge in [0.15, 0.2) is 0 Å². The molecule has 106 valence electrons. The third kappa shape index (κ3) is 5.21. The number of carbonyl (C=O) groups excluding carboxylic acids is 1. The quantitative estimate of drug-likeness (QED) is 0.802. The summed E-state index contributed by atoms with van der Waals surface area (Å²) in [5, 5.41) is 2.56. The summed E-state index contributed by atoms with van der Waals surface area (Å²) in [5.74, 6) is -0.225. The van der Waals surface area contributed by atoms with Crippen molar-refractivity contribution in [2.75, 3.05) is 11.9 Å². The molecule has 19 heavy (non-hydrogen) atoms. The largest absolute Gasteiger partial charge is 0.433 e. The van der Waals surface area contributed by atoms with E-state index in [1.165, 1.54) is 12.1 Å². The van der Waals surface area contributed by atoms with E-state index in [2.05, 4.69) is 10.1 Å². The van der Waals surface area contributed by atoms with Crippen LogP contribution in [0.5, 0.6) is 5.75 Å². The van der Waals surface area contributed by atoms with Gasteiger partial charge in [0.25, 0.3) is 0 Å². The van der Waals surface area contributed by atoms with Crippen molar-refractivity contribution in [2.24, 2.45) is 11.7 Å². The van der Waals surface area contributed by atoms with Crippen LogP contribution in [0, 0.1) is 5.92 Å². The molecule has 0 spiro atoms. The number of anilines is 1. The van der Waals surface area contributed by atoms with Crippen molar-refractivity contribution in [2.45, 2.75) is 26.4 Å². The molecule has 0 aliphatic carbocycles. The molecular weight excluding hydrogens is 254 g/mol. The number of nitrogens with one attached hydrogen (secondary N) is 1. The first-order valence-corrected chi connectivity index (χ1v) is 6.10. The fourth-order valence-corrected chi connectivity index (χ4v) is 1.63. The van der Waals surface area contributed by atoms with Crippen LogP contribution in [0.1, 0.15) is 19.8 Å². The Morgan fingerprint density at radius 2 is 2.11 bits per heavy atom. The number of para-hydroxylation sites is 2. The van der Waals surface area contributed by atoms with Crippen molar-refractivity contribution in [1.82, 2.24) is 0 Å². The van der Waals surface area contributed by atoms with E-state index in [0.29, 0.717) is 6.54 Å². The number of ether oxygens (including phenoxy) is 1. The highest BCUT2D eigenvalue weighted by atomic mass is 19.3. The molecular formula is C13H18F2N2O2. The predicted octanol–water partition coefficient (Wildman–Crippen LogP) is 2.60. The number of rotatable bonds is 7. The number of hydrogen-bond donors (Lipinski definition) is 2. The fourth-order valence-electron chi connectivity index (χ4n) is 1.63. The lowest BCUT2D eigenvalue weighted by Gasteiger charge is -2.14. The lowest BCUT2D eigenvalue weighted by molar-refractivity contribution is -0.117. The summed E-state index contributed by atoms with van der Waals surface area (Å²) in [5.41, 5.74) is 5.75. The highest BCUT2D eigenvalue weighted by molar-refractivity contribution is 5.92. The smallest absolute Gasteiger partial charge is 0.387 e. The lowest BCUT2D eigenvalue weighted by atomic mass is 10.0. The van der Waals surface area contributed by atoms with Crippen LogP contribution >= 0.6 is 0 Å². The molecule has 1 aromatic carbocycles. The molecule has 6 heteroatoms. The van der Waals surface area contributed by atoms with E-state index in [9.17, 15) is 13.6 Å². The van der Waals surface area contributed by atoms with Gasteiger partial charge in [0.1, 0.15) is 5.75 Å². The SMILES string of the molecule is CCC(CN)CC(=O)Nc1ccccc1OC(F)F. The van der Waals surface area contributed by atoms with Gasteiger partial charge in [-0.1, -0.05) is 25.5 Å².